The molecule has 0 amide bonds. The van der Waals surface area contributed by atoms with Crippen molar-refractivity contribution in [3.63, 3.8) is 0 Å². The fraction of sp³-hybridized carbons (Fsp3) is 0.500. The van der Waals surface area contributed by atoms with E-state index in [4.69, 9.17) is 0 Å². The van der Waals surface area contributed by atoms with Gasteiger partial charge in [0.2, 0.25) is 0 Å². The maximum Gasteiger partial charge on any atom is 0.416 e. The molecule has 0 bridgehead atoms. The molecule has 0 aromatic heterocycles. The molecule has 1 heterocycles. The van der Waals surface area contributed by atoms with Crippen molar-refractivity contribution in [3.8, 4) is 0 Å². The Kier molecular flexibility index (Phi) is 4.32. The van der Waals surface area contributed by atoms with Crippen LogP contribution in [-0.4, -0.2) is 25.7 Å². The molecular weight excluding hydrogens is 271 g/mol. The SMILES string of the molecule is COC(=O)[C@@H]1CC[C@@H](c2ccccc2C(F)(F)F)CN1. The van der Waals surface area contributed by atoms with E-state index in [0.29, 0.717) is 19.4 Å². The van der Waals surface area contributed by atoms with Crippen molar-refractivity contribution in [1.29, 1.82) is 0 Å². The predicted octanol–water partition coefficient (Wildman–Crippen LogP) is 2.71. The molecule has 3 nitrogen and oxygen atoms in total. The highest BCUT2D eigenvalue weighted by molar-refractivity contribution is 5.75. The van der Waals surface area contributed by atoms with Crippen molar-refractivity contribution in [2.75, 3.05) is 13.7 Å². The van der Waals surface area contributed by atoms with Crippen LogP contribution in [0, 0.1) is 0 Å². The van der Waals surface area contributed by atoms with Crippen LogP contribution >= 0.6 is 0 Å². The van der Waals surface area contributed by atoms with Crippen LogP contribution in [0.1, 0.15) is 29.9 Å². The second-order valence-corrected chi connectivity index (χ2v) is 4.84. The molecule has 0 radical (unpaired) electrons. The molecule has 1 saturated heterocycles. The monoisotopic (exact) mass is 287 g/mol. The first-order chi connectivity index (χ1) is 9.43. The summed E-state index contributed by atoms with van der Waals surface area (Å²) in [5.74, 6) is -0.610. The lowest BCUT2D eigenvalue weighted by molar-refractivity contribution is -0.144. The second kappa shape index (κ2) is 5.83. The van der Waals surface area contributed by atoms with E-state index in [9.17, 15) is 18.0 Å². The highest BCUT2D eigenvalue weighted by Gasteiger charge is 2.36. The third-order valence-corrected chi connectivity index (χ3v) is 3.61. The smallest absolute Gasteiger partial charge is 0.416 e. The summed E-state index contributed by atoms with van der Waals surface area (Å²) in [7, 11) is 1.30. The molecule has 2 atom stereocenters. The molecular formula is C14H16F3NO2. The van der Waals surface area contributed by atoms with Gasteiger partial charge in [-0.3, -0.25) is 4.79 Å². The summed E-state index contributed by atoms with van der Waals surface area (Å²) in [6.45, 7) is 0.340. The normalized spacial score (nSPS) is 23.4. The van der Waals surface area contributed by atoms with Crippen molar-refractivity contribution in [2.45, 2.75) is 31.0 Å². The quantitative estimate of drug-likeness (QED) is 0.850. The Labute approximate surface area is 115 Å². The summed E-state index contributed by atoms with van der Waals surface area (Å²) in [4.78, 5) is 11.4. The zero-order valence-corrected chi connectivity index (χ0v) is 11.0. The predicted molar refractivity (Wildman–Crippen MR) is 67.2 cm³/mol. The molecule has 1 aromatic carbocycles. The number of rotatable bonds is 2. The lowest BCUT2D eigenvalue weighted by Gasteiger charge is -2.30. The molecule has 0 spiro atoms. The summed E-state index contributed by atoms with van der Waals surface area (Å²) in [5, 5.41) is 2.96. The van der Waals surface area contributed by atoms with Crippen LogP contribution < -0.4 is 5.32 Å². The van der Waals surface area contributed by atoms with Gasteiger partial charge in [0.1, 0.15) is 6.04 Å². The maximum absolute atomic E-state index is 13.0. The zero-order valence-electron chi connectivity index (χ0n) is 11.0. The molecule has 0 saturated carbocycles. The van der Waals surface area contributed by atoms with E-state index in [1.165, 1.54) is 19.2 Å². The fourth-order valence-corrected chi connectivity index (χ4v) is 2.58. The number of carbonyl (C=O) groups is 1. The van der Waals surface area contributed by atoms with Gasteiger partial charge in [-0.1, -0.05) is 18.2 Å². The Morgan fingerprint density at radius 2 is 2.00 bits per heavy atom. The van der Waals surface area contributed by atoms with Crippen molar-refractivity contribution in [1.82, 2.24) is 5.32 Å². The van der Waals surface area contributed by atoms with Crippen molar-refractivity contribution in [3.05, 3.63) is 35.4 Å². The van der Waals surface area contributed by atoms with Gasteiger partial charge in [0.15, 0.2) is 0 Å². The number of esters is 1. The summed E-state index contributed by atoms with van der Waals surface area (Å²) >= 11 is 0. The van der Waals surface area contributed by atoms with Gasteiger partial charge in [0, 0.05) is 6.54 Å². The van der Waals surface area contributed by atoms with Crippen LogP contribution in [-0.2, 0) is 15.7 Å². The number of halogens is 3. The van der Waals surface area contributed by atoms with Crippen LogP contribution in [0.2, 0.25) is 0 Å². The summed E-state index contributed by atoms with van der Waals surface area (Å²) in [6, 6.07) is 5.18. The average Bonchev–Trinajstić information content (AvgIpc) is 2.46. The highest BCUT2D eigenvalue weighted by Crippen LogP contribution is 2.37. The Balaban J connectivity index is 2.13. The minimum Gasteiger partial charge on any atom is -0.468 e. The van der Waals surface area contributed by atoms with E-state index in [1.807, 2.05) is 0 Å². The van der Waals surface area contributed by atoms with Crippen LogP contribution in [0.4, 0.5) is 13.2 Å². The summed E-state index contributed by atoms with van der Waals surface area (Å²) in [6.07, 6.45) is -3.35. The molecule has 1 aliphatic rings. The summed E-state index contributed by atoms with van der Waals surface area (Å²) in [5.41, 5.74) is -0.306. The van der Waals surface area contributed by atoms with E-state index >= 15 is 0 Å². The van der Waals surface area contributed by atoms with E-state index < -0.39 is 17.8 Å². The molecule has 20 heavy (non-hydrogen) atoms. The Hall–Kier alpha value is -1.56. The number of ether oxygens (including phenoxy) is 1. The van der Waals surface area contributed by atoms with Gasteiger partial charge >= 0.3 is 12.1 Å². The van der Waals surface area contributed by atoms with E-state index in [0.717, 1.165) is 6.07 Å². The molecule has 1 N–H and O–H groups in total. The van der Waals surface area contributed by atoms with Crippen LogP contribution in [0.3, 0.4) is 0 Å². The number of benzene rings is 1. The first kappa shape index (κ1) is 14.8. The van der Waals surface area contributed by atoms with Crippen molar-refractivity contribution in [2.24, 2.45) is 0 Å². The van der Waals surface area contributed by atoms with Gasteiger partial charge in [-0.2, -0.15) is 13.2 Å². The highest BCUT2D eigenvalue weighted by atomic mass is 19.4. The topological polar surface area (TPSA) is 38.3 Å². The first-order valence-corrected chi connectivity index (χ1v) is 6.41. The number of carbonyl (C=O) groups excluding carboxylic acids is 1. The molecule has 0 aliphatic carbocycles. The van der Waals surface area contributed by atoms with E-state index in [1.54, 1.807) is 6.07 Å². The fourth-order valence-electron chi connectivity index (χ4n) is 2.58. The Morgan fingerprint density at radius 3 is 2.55 bits per heavy atom. The molecule has 1 aromatic rings. The number of methoxy groups -OCH3 is 1. The van der Waals surface area contributed by atoms with Gasteiger partial charge in [-0.05, 0) is 30.4 Å². The van der Waals surface area contributed by atoms with Crippen LogP contribution in [0.15, 0.2) is 24.3 Å². The third kappa shape index (κ3) is 3.12. The van der Waals surface area contributed by atoms with Crippen molar-refractivity contribution < 1.29 is 22.7 Å². The van der Waals surface area contributed by atoms with Gasteiger partial charge in [-0.25, -0.2) is 0 Å². The lowest BCUT2D eigenvalue weighted by atomic mass is 9.86. The maximum atomic E-state index is 13.0. The van der Waals surface area contributed by atoms with Crippen LogP contribution in [0.5, 0.6) is 0 Å². The molecule has 1 fully saturated rings. The number of alkyl halides is 3. The zero-order chi connectivity index (χ0) is 14.8. The van der Waals surface area contributed by atoms with Crippen molar-refractivity contribution >= 4 is 5.97 Å². The van der Waals surface area contributed by atoms with Crippen LogP contribution in [0.25, 0.3) is 0 Å². The third-order valence-electron chi connectivity index (χ3n) is 3.61. The number of hydrogen-bond donors (Lipinski definition) is 1. The largest absolute Gasteiger partial charge is 0.468 e. The molecule has 0 unspecified atom stereocenters. The Bertz CT molecular complexity index is 480. The Morgan fingerprint density at radius 1 is 1.30 bits per heavy atom. The number of hydrogen-bond acceptors (Lipinski definition) is 3. The average molecular weight is 287 g/mol. The molecule has 110 valence electrons. The molecule has 6 heteroatoms. The minimum absolute atomic E-state index is 0.242. The van der Waals surface area contributed by atoms with Gasteiger partial charge in [0.05, 0.1) is 12.7 Å². The minimum atomic E-state index is -4.35. The molecule has 1 aliphatic heterocycles. The van der Waals surface area contributed by atoms with Gasteiger partial charge in [0.25, 0.3) is 0 Å². The molecule has 2 rings (SSSR count). The van der Waals surface area contributed by atoms with E-state index in [-0.39, 0.29) is 17.5 Å². The number of nitrogens with one attached hydrogen (secondary N) is 1. The van der Waals surface area contributed by atoms with Gasteiger partial charge in [-0.15, -0.1) is 0 Å². The summed E-state index contributed by atoms with van der Waals surface area (Å²) < 4.78 is 43.5. The number of piperidine rings is 1. The van der Waals surface area contributed by atoms with E-state index in [2.05, 4.69) is 10.1 Å². The second-order valence-electron chi connectivity index (χ2n) is 4.84. The lowest BCUT2D eigenvalue weighted by Crippen LogP contribution is -2.44. The van der Waals surface area contributed by atoms with Gasteiger partial charge < -0.3 is 10.1 Å². The first-order valence-electron chi connectivity index (χ1n) is 6.41. The standard InChI is InChI=1S/C14H16F3NO2/c1-20-13(19)12-7-6-9(8-18-12)10-4-2-3-5-11(10)14(15,16)17/h2-5,9,12,18H,6-8H2,1H3/t9-,12+/m1/s1.